The summed E-state index contributed by atoms with van der Waals surface area (Å²) in [5.74, 6) is -0.790. The highest BCUT2D eigenvalue weighted by Gasteiger charge is 2.26. The van der Waals surface area contributed by atoms with E-state index in [1.807, 2.05) is 4.72 Å². The van der Waals surface area contributed by atoms with Crippen LogP contribution in [0.25, 0.3) is 16.6 Å². The summed E-state index contributed by atoms with van der Waals surface area (Å²) >= 11 is 6.20. The molecule has 14 heteroatoms. The van der Waals surface area contributed by atoms with Gasteiger partial charge in [0.15, 0.2) is 0 Å². The third kappa shape index (κ3) is 5.96. The highest BCUT2D eigenvalue weighted by molar-refractivity contribution is 7.87. The van der Waals surface area contributed by atoms with Crippen LogP contribution in [0.2, 0.25) is 5.02 Å². The van der Waals surface area contributed by atoms with Crippen LogP contribution in [0, 0.1) is 6.92 Å². The van der Waals surface area contributed by atoms with E-state index in [4.69, 9.17) is 16.3 Å². The van der Waals surface area contributed by atoms with Gasteiger partial charge in [0.25, 0.3) is 5.91 Å². The quantitative estimate of drug-likeness (QED) is 0.455. The number of carbonyl (C=O) groups is 1. The van der Waals surface area contributed by atoms with E-state index in [1.165, 1.54) is 43.2 Å². The molecule has 0 unspecified atom stereocenters. The number of fused-ring (bicyclic) bond motifs is 1. The van der Waals surface area contributed by atoms with Gasteiger partial charge in [-0.1, -0.05) is 11.6 Å². The number of carbonyl (C=O) groups excluding carboxylic acids is 1. The smallest absolute Gasteiger partial charge is 0.389 e. The Morgan fingerprint density at radius 1 is 1.26 bits per heavy atom. The molecule has 0 radical (unpaired) electrons. The molecule has 3 rings (SSSR count). The Kier molecular flexibility index (Phi) is 7.38. The molecular weight excluding hydrogens is 499 g/mol. The van der Waals surface area contributed by atoms with E-state index in [1.54, 1.807) is 13.0 Å². The Morgan fingerprint density at radius 3 is 2.59 bits per heavy atom. The van der Waals surface area contributed by atoms with Crippen molar-refractivity contribution in [1.29, 1.82) is 0 Å². The van der Waals surface area contributed by atoms with Crippen molar-refractivity contribution in [3.8, 4) is 11.6 Å². The first-order valence-electron chi connectivity index (χ1n) is 9.88. The molecule has 1 N–H and O–H groups in total. The maximum Gasteiger partial charge on any atom is 0.389 e. The topological polar surface area (TPSA) is 106 Å². The van der Waals surface area contributed by atoms with Gasteiger partial charge in [-0.2, -0.15) is 31.0 Å². The number of ether oxygens (including phenoxy) is 1. The zero-order valence-corrected chi connectivity index (χ0v) is 19.9. The molecule has 0 bridgehead atoms. The molecule has 0 atom stereocenters. The van der Waals surface area contributed by atoms with Crippen molar-refractivity contribution < 1.29 is 31.1 Å². The second-order valence-corrected chi connectivity index (χ2v) is 9.79. The van der Waals surface area contributed by atoms with Gasteiger partial charge in [0, 0.05) is 31.5 Å². The monoisotopic (exact) mass is 519 g/mol. The normalized spacial score (nSPS) is 12.4. The molecule has 2 aromatic heterocycles. The van der Waals surface area contributed by atoms with Gasteiger partial charge in [-0.25, -0.2) is 14.4 Å². The van der Waals surface area contributed by atoms with Crippen molar-refractivity contribution in [3.63, 3.8) is 0 Å². The van der Waals surface area contributed by atoms with E-state index in [2.05, 4.69) is 10.1 Å². The summed E-state index contributed by atoms with van der Waals surface area (Å²) in [4.78, 5) is 16.5. The van der Waals surface area contributed by atoms with Crippen LogP contribution in [-0.2, 0) is 10.2 Å². The first kappa shape index (κ1) is 25.7. The molecule has 34 heavy (non-hydrogen) atoms. The molecule has 1 aromatic carbocycles. The van der Waals surface area contributed by atoms with Crippen LogP contribution >= 0.6 is 11.6 Å². The van der Waals surface area contributed by atoms with Crippen LogP contribution in [-0.4, -0.2) is 60.3 Å². The maximum absolute atomic E-state index is 12.4. The van der Waals surface area contributed by atoms with Crippen molar-refractivity contribution in [2.45, 2.75) is 25.9 Å². The minimum absolute atomic E-state index is 0.00170. The van der Waals surface area contributed by atoms with E-state index < -0.39 is 28.7 Å². The van der Waals surface area contributed by atoms with Gasteiger partial charge < -0.3 is 4.74 Å². The molecule has 0 aliphatic rings. The lowest BCUT2D eigenvalue weighted by atomic mass is 10.1. The predicted molar refractivity (Wildman–Crippen MR) is 119 cm³/mol. The van der Waals surface area contributed by atoms with Gasteiger partial charge in [-0.3, -0.25) is 4.79 Å². The maximum atomic E-state index is 12.4. The van der Waals surface area contributed by atoms with Crippen LogP contribution in [0.15, 0.2) is 30.5 Å². The lowest BCUT2D eigenvalue weighted by Gasteiger charge is -2.12. The summed E-state index contributed by atoms with van der Waals surface area (Å²) < 4.78 is 70.2. The minimum atomic E-state index is -4.26. The highest BCUT2D eigenvalue weighted by Crippen LogP contribution is 2.28. The molecule has 0 saturated carbocycles. The molecule has 0 spiro atoms. The third-order valence-electron chi connectivity index (χ3n) is 4.71. The Morgan fingerprint density at radius 2 is 1.97 bits per heavy atom. The highest BCUT2D eigenvalue weighted by atomic mass is 35.5. The first-order valence-corrected chi connectivity index (χ1v) is 11.7. The Bertz CT molecular complexity index is 1330. The Balaban J connectivity index is 1.83. The number of amides is 1. The second kappa shape index (κ2) is 9.76. The average Bonchev–Trinajstić information content (AvgIpc) is 3.07. The largest absolute Gasteiger partial charge is 0.477 e. The molecule has 0 aliphatic carbocycles. The number of nitrogens with one attached hydrogen (secondary N) is 1. The van der Waals surface area contributed by atoms with E-state index in [0.29, 0.717) is 22.3 Å². The van der Waals surface area contributed by atoms with Gasteiger partial charge in [0.1, 0.15) is 5.02 Å². The van der Waals surface area contributed by atoms with Gasteiger partial charge in [0.2, 0.25) is 5.88 Å². The SMILES string of the molecule is Cc1nn(-c2cnc(OCCCC(F)(F)F)c(Cl)c2)c2ccc(C(=O)NS(=O)(=O)N(C)C)cc12. The van der Waals surface area contributed by atoms with Gasteiger partial charge in [0.05, 0.1) is 29.7 Å². The predicted octanol–water partition coefficient (Wildman–Crippen LogP) is 3.64. The van der Waals surface area contributed by atoms with Gasteiger partial charge in [-0.15, -0.1) is 0 Å². The van der Waals surface area contributed by atoms with E-state index in [9.17, 15) is 26.4 Å². The molecule has 0 saturated heterocycles. The fraction of sp³-hybridized carbons (Fsp3) is 0.350. The van der Waals surface area contributed by atoms with E-state index >= 15 is 0 Å². The number of benzene rings is 1. The number of hydrogen-bond acceptors (Lipinski definition) is 6. The second-order valence-electron chi connectivity index (χ2n) is 7.50. The summed E-state index contributed by atoms with van der Waals surface area (Å²) in [6, 6.07) is 6.07. The van der Waals surface area contributed by atoms with Crippen LogP contribution in [0.1, 0.15) is 28.9 Å². The fourth-order valence-electron chi connectivity index (χ4n) is 2.95. The molecule has 1 amide bonds. The summed E-state index contributed by atoms with van der Waals surface area (Å²) in [6.45, 7) is 1.52. The first-order chi connectivity index (χ1) is 15.8. The summed E-state index contributed by atoms with van der Waals surface area (Å²) in [5, 5.41) is 5.12. The van der Waals surface area contributed by atoms with Gasteiger partial charge in [-0.05, 0) is 37.6 Å². The minimum Gasteiger partial charge on any atom is -0.477 e. The number of aromatic nitrogens is 3. The summed E-state index contributed by atoms with van der Waals surface area (Å²) in [7, 11) is -1.36. The number of aryl methyl sites for hydroxylation is 1. The summed E-state index contributed by atoms with van der Waals surface area (Å²) in [5.41, 5.74) is 1.74. The number of rotatable bonds is 8. The number of hydrogen-bond donors (Lipinski definition) is 1. The van der Waals surface area contributed by atoms with Crippen molar-refractivity contribution >= 4 is 38.6 Å². The van der Waals surface area contributed by atoms with Crippen LogP contribution in [0.5, 0.6) is 5.88 Å². The van der Waals surface area contributed by atoms with Crippen molar-refractivity contribution in [2.24, 2.45) is 0 Å². The molecular formula is C20H21ClF3N5O4S. The molecule has 9 nitrogen and oxygen atoms in total. The van der Waals surface area contributed by atoms with Crippen LogP contribution in [0.4, 0.5) is 13.2 Å². The standard InChI is InChI=1S/C20H21ClF3N5O4S/c1-12-15-9-13(18(30)27-34(31,32)28(2)3)5-6-17(15)29(26-12)14-10-16(21)19(25-11-14)33-8-4-7-20(22,23)24/h5-6,9-11H,4,7-8H2,1-3H3,(H,27,30). The van der Waals surface area contributed by atoms with E-state index in [0.717, 1.165) is 4.31 Å². The molecule has 0 fully saturated rings. The van der Waals surface area contributed by atoms with Gasteiger partial charge >= 0.3 is 16.4 Å². The zero-order chi connectivity index (χ0) is 25.3. The molecule has 184 valence electrons. The zero-order valence-electron chi connectivity index (χ0n) is 18.4. The van der Waals surface area contributed by atoms with E-state index in [-0.39, 0.29) is 29.5 Å². The fourth-order valence-corrected chi connectivity index (χ4v) is 3.70. The van der Waals surface area contributed by atoms with Crippen LogP contribution in [0.3, 0.4) is 0 Å². The Hall–Kier alpha value is -2.90. The van der Waals surface area contributed by atoms with Crippen molar-refractivity contribution in [1.82, 2.24) is 23.8 Å². The van der Waals surface area contributed by atoms with Crippen LogP contribution < -0.4 is 9.46 Å². The summed E-state index contributed by atoms with van der Waals surface area (Å²) in [6.07, 6.45) is -4.05. The van der Waals surface area contributed by atoms with Crippen molar-refractivity contribution in [3.05, 3.63) is 46.7 Å². The Labute approximate surface area is 198 Å². The van der Waals surface area contributed by atoms with Crippen molar-refractivity contribution in [2.75, 3.05) is 20.7 Å². The lowest BCUT2D eigenvalue weighted by Crippen LogP contribution is -2.39. The lowest BCUT2D eigenvalue weighted by molar-refractivity contribution is -0.136. The number of alkyl halides is 3. The molecule has 3 aromatic rings. The molecule has 2 heterocycles. The number of nitrogens with zero attached hydrogens (tertiary/aromatic N) is 4. The molecule has 0 aliphatic heterocycles. The number of pyridine rings is 1. The third-order valence-corrected chi connectivity index (χ3v) is 6.39. The number of halogens is 4. The average molecular weight is 520 g/mol.